The van der Waals surface area contributed by atoms with Crippen molar-refractivity contribution in [1.82, 2.24) is 5.32 Å². The molecule has 1 heterocycles. The lowest BCUT2D eigenvalue weighted by molar-refractivity contribution is -0.127. The number of carbonyl (C=O) groups excluding carboxylic acids is 1. The Morgan fingerprint density at radius 3 is 2.61 bits per heavy atom. The third-order valence-electron chi connectivity index (χ3n) is 3.11. The number of primary amides is 1. The number of hydrogen-bond acceptors (Lipinski definition) is 4. The van der Waals surface area contributed by atoms with E-state index in [1.165, 1.54) is 4.88 Å². The van der Waals surface area contributed by atoms with Crippen molar-refractivity contribution < 1.29 is 9.53 Å². The number of nitrogens with two attached hydrogens (primary N) is 1. The SMILES string of the molecule is COC(C)(C)CC(C)(NCc1cccs1)C(N)=O. The van der Waals surface area contributed by atoms with Crippen LogP contribution in [-0.2, 0) is 16.1 Å². The predicted octanol–water partition coefficient (Wildman–Crippen LogP) is 1.90. The third-order valence-corrected chi connectivity index (χ3v) is 3.98. The van der Waals surface area contributed by atoms with Crippen molar-refractivity contribution in [3.8, 4) is 0 Å². The number of ether oxygens (including phenoxy) is 1. The van der Waals surface area contributed by atoms with E-state index in [4.69, 9.17) is 10.5 Å². The van der Waals surface area contributed by atoms with Crippen LogP contribution < -0.4 is 11.1 Å². The Bertz CT molecular complexity index is 390. The quantitative estimate of drug-likeness (QED) is 0.795. The lowest BCUT2D eigenvalue weighted by atomic mass is 9.87. The normalized spacial score (nSPS) is 15.3. The maximum Gasteiger partial charge on any atom is 0.237 e. The second-order valence-electron chi connectivity index (χ2n) is 5.27. The van der Waals surface area contributed by atoms with Gasteiger partial charge in [-0.2, -0.15) is 0 Å². The minimum Gasteiger partial charge on any atom is -0.379 e. The van der Waals surface area contributed by atoms with Gasteiger partial charge in [-0.3, -0.25) is 10.1 Å². The van der Waals surface area contributed by atoms with Crippen molar-refractivity contribution in [2.45, 2.75) is 44.9 Å². The molecular formula is C13H22N2O2S. The molecule has 102 valence electrons. The zero-order chi connectivity index (χ0) is 13.8. The van der Waals surface area contributed by atoms with Gasteiger partial charge < -0.3 is 10.5 Å². The van der Waals surface area contributed by atoms with Crippen LogP contribution in [-0.4, -0.2) is 24.2 Å². The molecule has 0 aliphatic carbocycles. The van der Waals surface area contributed by atoms with Crippen molar-refractivity contribution in [2.75, 3.05) is 7.11 Å². The van der Waals surface area contributed by atoms with E-state index in [0.717, 1.165) is 0 Å². The van der Waals surface area contributed by atoms with E-state index >= 15 is 0 Å². The first-order valence-electron chi connectivity index (χ1n) is 5.91. The van der Waals surface area contributed by atoms with Gasteiger partial charge in [0, 0.05) is 25.0 Å². The molecule has 0 saturated heterocycles. The van der Waals surface area contributed by atoms with Crippen LogP contribution >= 0.6 is 11.3 Å². The summed E-state index contributed by atoms with van der Waals surface area (Å²) in [5.74, 6) is -0.357. The molecule has 0 fully saturated rings. The number of rotatable bonds is 7. The van der Waals surface area contributed by atoms with Gasteiger partial charge in [0.25, 0.3) is 0 Å². The van der Waals surface area contributed by atoms with Gasteiger partial charge in [-0.15, -0.1) is 11.3 Å². The van der Waals surface area contributed by atoms with Crippen molar-refractivity contribution in [3.63, 3.8) is 0 Å². The van der Waals surface area contributed by atoms with E-state index in [1.54, 1.807) is 18.4 Å². The maximum atomic E-state index is 11.7. The number of hydrogen-bond donors (Lipinski definition) is 2. The molecule has 0 radical (unpaired) electrons. The Balaban J connectivity index is 2.71. The first-order chi connectivity index (χ1) is 8.29. The lowest BCUT2D eigenvalue weighted by Gasteiger charge is -2.35. The van der Waals surface area contributed by atoms with Crippen molar-refractivity contribution in [1.29, 1.82) is 0 Å². The summed E-state index contributed by atoms with van der Waals surface area (Å²) >= 11 is 1.65. The second-order valence-corrected chi connectivity index (χ2v) is 6.30. The molecule has 0 aromatic carbocycles. The van der Waals surface area contributed by atoms with Gasteiger partial charge in [-0.25, -0.2) is 0 Å². The fraction of sp³-hybridized carbons (Fsp3) is 0.615. The molecule has 0 bridgehead atoms. The van der Waals surface area contributed by atoms with Crippen LogP contribution in [0, 0.1) is 0 Å². The minimum atomic E-state index is -0.774. The Morgan fingerprint density at radius 2 is 2.17 bits per heavy atom. The number of methoxy groups -OCH3 is 1. The summed E-state index contributed by atoms with van der Waals surface area (Å²) in [5.41, 5.74) is 4.35. The fourth-order valence-corrected chi connectivity index (χ4v) is 2.50. The van der Waals surface area contributed by atoms with E-state index in [-0.39, 0.29) is 5.91 Å². The first kappa shape index (κ1) is 15.1. The van der Waals surface area contributed by atoms with Crippen molar-refractivity contribution in [2.24, 2.45) is 5.73 Å². The summed E-state index contributed by atoms with van der Waals surface area (Å²) in [6.07, 6.45) is 0.525. The molecule has 18 heavy (non-hydrogen) atoms. The summed E-state index contributed by atoms with van der Waals surface area (Å²) in [5, 5.41) is 5.26. The zero-order valence-corrected chi connectivity index (χ0v) is 12.3. The zero-order valence-electron chi connectivity index (χ0n) is 11.4. The molecule has 1 aromatic rings. The average molecular weight is 270 g/mol. The Morgan fingerprint density at radius 1 is 1.50 bits per heavy atom. The van der Waals surface area contributed by atoms with E-state index < -0.39 is 11.1 Å². The topological polar surface area (TPSA) is 64.3 Å². The molecule has 1 rings (SSSR count). The second kappa shape index (κ2) is 5.82. The molecule has 1 unspecified atom stereocenters. The van der Waals surface area contributed by atoms with Crippen molar-refractivity contribution in [3.05, 3.63) is 22.4 Å². The molecule has 0 saturated carbocycles. The van der Waals surface area contributed by atoms with Gasteiger partial charge in [0.1, 0.15) is 0 Å². The molecule has 5 heteroatoms. The lowest BCUT2D eigenvalue weighted by Crippen LogP contribution is -2.56. The Labute approximate surface area is 113 Å². The van der Waals surface area contributed by atoms with E-state index in [0.29, 0.717) is 13.0 Å². The van der Waals surface area contributed by atoms with Crippen LogP contribution in [0.2, 0.25) is 0 Å². The highest BCUT2D eigenvalue weighted by atomic mass is 32.1. The molecule has 0 aliphatic rings. The Hall–Kier alpha value is -0.910. The first-order valence-corrected chi connectivity index (χ1v) is 6.79. The number of amides is 1. The van der Waals surface area contributed by atoms with Crippen LogP contribution in [0.1, 0.15) is 32.1 Å². The Kier molecular flexibility index (Phi) is 4.90. The van der Waals surface area contributed by atoms with Gasteiger partial charge in [-0.05, 0) is 32.2 Å². The highest BCUT2D eigenvalue weighted by molar-refractivity contribution is 7.09. The number of thiophene rings is 1. The summed E-state index contributed by atoms with van der Waals surface area (Å²) in [7, 11) is 1.64. The molecule has 1 aromatic heterocycles. The minimum absolute atomic E-state index is 0.357. The highest BCUT2D eigenvalue weighted by Crippen LogP contribution is 2.23. The monoisotopic (exact) mass is 270 g/mol. The van der Waals surface area contributed by atoms with Gasteiger partial charge in [0.2, 0.25) is 5.91 Å². The van der Waals surface area contributed by atoms with E-state index in [1.807, 2.05) is 38.3 Å². The molecule has 0 aliphatic heterocycles. The summed E-state index contributed by atoms with van der Waals surface area (Å²) in [4.78, 5) is 12.9. The molecule has 1 atom stereocenters. The third kappa shape index (κ3) is 4.08. The molecule has 0 spiro atoms. The summed E-state index contributed by atoms with van der Waals surface area (Å²) in [6, 6.07) is 4.02. The highest BCUT2D eigenvalue weighted by Gasteiger charge is 2.37. The fourth-order valence-electron chi connectivity index (χ4n) is 1.86. The maximum absolute atomic E-state index is 11.7. The van der Waals surface area contributed by atoms with Crippen LogP contribution in [0.15, 0.2) is 17.5 Å². The van der Waals surface area contributed by atoms with Crippen LogP contribution in [0.5, 0.6) is 0 Å². The van der Waals surface area contributed by atoms with Crippen LogP contribution in [0.25, 0.3) is 0 Å². The number of carbonyl (C=O) groups is 1. The average Bonchev–Trinajstić information content (AvgIpc) is 2.78. The van der Waals surface area contributed by atoms with E-state index in [9.17, 15) is 4.79 Å². The summed E-state index contributed by atoms with van der Waals surface area (Å²) < 4.78 is 5.38. The van der Waals surface area contributed by atoms with Gasteiger partial charge in [0.05, 0.1) is 11.1 Å². The van der Waals surface area contributed by atoms with E-state index in [2.05, 4.69) is 5.32 Å². The van der Waals surface area contributed by atoms with Crippen LogP contribution in [0.3, 0.4) is 0 Å². The van der Waals surface area contributed by atoms with Gasteiger partial charge >= 0.3 is 0 Å². The summed E-state index contributed by atoms with van der Waals surface area (Å²) in [6.45, 7) is 6.35. The standard InChI is InChI=1S/C13H22N2O2S/c1-12(2,17-4)9-13(3,11(14)16)15-8-10-6-5-7-18-10/h5-7,15H,8-9H2,1-4H3,(H2,14,16). The molecule has 4 nitrogen and oxygen atoms in total. The molecule has 3 N–H and O–H groups in total. The smallest absolute Gasteiger partial charge is 0.237 e. The molecule has 1 amide bonds. The van der Waals surface area contributed by atoms with Gasteiger partial charge in [-0.1, -0.05) is 6.07 Å². The van der Waals surface area contributed by atoms with Crippen LogP contribution in [0.4, 0.5) is 0 Å². The van der Waals surface area contributed by atoms with Crippen molar-refractivity contribution >= 4 is 17.2 Å². The predicted molar refractivity (Wildman–Crippen MR) is 74.5 cm³/mol. The molecular weight excluding hydrogens is 248 g/mol. The largest absolute Gasteiger partial charge is 0.379 e. The van der Waals surface area contributed by atoms with Gasteiger partial charge in [0.15, 0.2) is 0 Å². The number of nitrogens with one attached hydrogen (secondary N) is 1.